The van der Waals surface area contributed by atoms with Crippen molar-refractivity contribution in [2.75, 3.05) is 13.6 Å². The minimum atomic E-state index is -4.47. The van der Waals surface area contributed by atoms with Crippen LogP contribution in [0.1, 0.15) is 17.7 Å². The zero-order valence-electron chi connectivity index (χ0n) is 9.18. The van der Waals surface area contributed by atoms with Crippen molar-refractivity contribution in [3.63, 3.8) is 0 Å². The average molecular weight is 265 g/mol. The first-order valence-corrected chi connectivity index (χ1v) is 5.37. The molecule has 0 radical (unpaired) electrons. The zero-order valence-corrected chi connectivity index (χ0v) is 9.94. The molecule has 0 atom stereocenters. The van der Waals surface area contributed by atoms with Gasteiger partial charge in [-0.3, -0.25) is 0 Å². The van der Waals surface area contributed by atoms with Gasteiger partial charge < -0.3 is 5.32 Å². The van der Waals surface area contributed by atoms with Crippen molar-refractivity contribution in [1.29, 1.82) is 0 Å². The van der Waals surface area contributed by atoms with Crippen molar-refractivity contribution >= 4 is 17.7 Å². The summed E-state index contributed by atoms with van der Waals surface area (Å²) in [5, 5.41) is 2.77. The quantitative estimate of drug-likeness (QED) is 0.666. The molecule has 0 aromatic carbocycles. The highest BCUT2D eigenvalue weighted by Crippen LogP contribution is 2.29. The zero-order chi connectivity index (χ0) is 12.9. The van der Waals surface area contributed by atoms with Gasteiger partial charge in [-0.05, 0) is 37.7 Å². The monoisotopic (exact) mass is 264 g/mol. The second-order valence-electron chi connectivity index (χ2n) is 3.40. The molecule has 1 N–H and O–H groups in total. The van der Waals surface area contributed by atoms with E-state index in [9.17, 15) is 13.2 Å². The van der Waals surface area contributed by atoms with E-state index < -0.39 is 11.9 Å². The number of nitrogens with zero attached hydrogens (tertiary/aromatic N) is 1. The smallest absolute Gasteiger partial charge is 0.319 e. The van der Waals surface area contributed by atoms with Crippen molar-refractivity contribution < 1.29 is 13.2 Å². The van der Waals surface area contributed by atoms with Crippen LogP contribution in [0.4, 0.5) is 13.2 Å². The lowest BCUT2D eigenvalue weighted by molar-refractivity contribution is -0.141. The molecule has 94 valence electrons. The minimum Gasteiger partial charge on any atom is -0.319 e. The molecule has 1 heterocycles. The molecule has 0 fully saturated rings. The van der Waals surface area contributed by atoms with E-state index in [-0.39, 0.29) is 5.15 Å². The Morgan fingerprint density at radius 2 is 2.12 bits per heavy atom. The first-order chi connectivity index (χ1) is 7.93. The highest BCUT2D eigenvalue weighted by atomic mass is 35.5. The normalized spacial score (nSPS) is 12.3. The standard InChI is InChI=1S/C11H12ClF3N2/c1-16-5-3-2-4-8-6-9(11(13,14)15)17-10(12)7-8/h2,4,6-7,16H,3,5H2,1H3. The summed E-state index contributed by atoms with van der Waals surface area (Å²) in [6.07, 6.45) is -0.362. The maximum atomic E-state index is 12.4. The van der Waals surface area contributed by atoms with Gasteiger partial charge in [-0.15, -0.1) is 0 Å². The Labute approximate surface area is 103 Å². The van der Waals surface area contributed by atoms with Crippen LogP contribution in [0.15, 0.2) is 18.2 Å². The van der Waals surface area contributed by atoms with E-state index in [0.717, 1.165) is 19.0 Å². The molecule has 0 aliphatic heterocycles. The molecule has 6 heteroatoms. The molecule has 2 nitrogen and oxygen atoms in total. The SMILES string of the molecule is CNCCC=Cc1cc(Cl)nc(C(F)(F)F)c1. The summed E-state index contributed by atoms with van der Waals surface area (Å²) in [7, 11) is 1.80. The predicted molar refractivity (Wildman–Crippen MR) is 61.8 cm³/mol. The summed E-state index contributed by atoms with van der Waals surface area (Å²) in [6, 6.07) is 2.37. The number of pyridine rings is 1. The number of aromatic nitrogens is 1. The Morgan fingerprint density at radius 1 is 1.41 bits per heavy atom. The van der Waals surface area contributed by atoms with Gasteiger partial charge in [0.15, 0.2) is 0 Å². The molecule has 0 unspecified atom stereocenters. The summed E-state index contributed by atoms with van der Waals surface area (Å²) < 4.78 is 37.3. The maximum Gasteiger partial charge on any atom is 0.433 e. The van der Waals surface area contributed by atoms with Crippen LogP contribution in [0.25, 0.3) is 6.08 Å². The van der Waals surface area contributed by atoms with Crippen LogP contribution in [0, 0.1) is 0 Å². The van der Waals surface area contributed by atoms with Gasteiger partial charge in [-0.2, -0.15) is 13.2 Å². The molecular weight excluding hydrogens is 253 g/mol. The highest BCUT2D eigenvalue weighted by Gasteiger charge is 2.32. The minimum absolute atomic E-state index is 0.159. The van der Waals surface area contributed by atoms with Crippen LogP contribution in [0.3, 0.4) is 0 Å². The molecule has 1 aromatic rings. The summed E-state index contributed by atoms with van der Waals surface area (Å²) >= 11 is 5.54. The first kappa shape index (κ1) is 14.0. The molecule has 0 aliphatic rings. The second-order valence-corrected chi connectivity index (χ2v) is 3.79. The molecule has 0 spiro atoms. The van der Waals surface area contributed by atoms with Gasteiger partial charge in [0.05, 0.1) is 0 Å². The fourth-order valence-corrected chi connectivity index (χ4v) is 1.42. The van der Waals surface area contributed by atoms with Gasteiger partial charge in [0, 0.05) is 0 Å². The van der Waals surface area contributed by atoms with E-state index in [2.05, 4.69) is 10.3 Å². The van der Waals surface area contributed by atoms with Gasteiger partial charge in [0.1, 0.15) is 10.8 Å². The molecule has 0 amide bonds. The van der Waals surface area contributed by atoms with Gasteiger partial charge in [0.2, 0.25) is 0 Å². The summed E-state index contributed by atoms with van der Waals surface area (Å²) in [6.45, 7) is 0.765. The van der Waals surface area contributed by atoms with E-state index in [1.807, 2.05) is 0 Å². The van der Waals surface area contributed by atoms with Crippen LogP contribution in [-0.4, -0.2) is 18.6 Å². The van der Waals surface area contributed by atoms with E-state index in [4.69, 9.17) is 11.6 Å². The van der Waals surface area contributed by atoms with Crippen molar-refractivity contribution in [2.24, 2.45) is 0 Å². The molecule has 1 aromatic heterocycles. The number of rotatable bonds is 4. The lowest BCUT2D eigenvalue weighted by atomic mass is 10.2. The third kappa shape index (κ3) is 4.75. The summed E-state index contributed by atoms with van der Waals surface area (Å²) in [5.41, 5.74) is -0.577. The Hall–Kier alpha value is -1.07. The predicted octanol–water partition coefficient (Wildman–Crippen LogP) is 3.38. The molecular formula is C11H12ClF3N2. The van der Waals surface area contributed by atoms with Gasteiger partial charge in [-0.1, -0.05) is 23.8 Å². The largest absolute Gasteiger partial charge is 0.433 e. The highest BCUT2D eigenvalue weighted by molar-refractivity contribution is 6.29. The van der Waals surface area contributed by atoms with Crippen molar-refractivity contribution in [1.82, 2.24) is 10.3 Å². The maximum absolute atomic E-state index is 12.4. The van der Waals surface area contributed by atoms with Crippen LogP contribution in [0.5, 0.6) is 0 Å². The fraction of sp³-hybridized carbons (Fsp3) is 0.364. The molecule has 0 saturated carbocycles. The lowest BCUT2D eigenvalue weighted by Gasteiger charge is -2.06. The molecule has 0 aliphatic carbocycles. The molecule has 0 bridgehead atoms. The van der Waals surface area contributed by atoms with E-state index in [1.54, 1.807) is 19.2 Å². The van der Waals surface area contributed by atoms with Crippen LogP contribution in [0.2, 0.25) is 5.15 Å². The number of hydrogen-bond donors (Lipinski definition) is 1. The lowest BCUT2D eigenvalue weighted by Crippen LogP contribution is -2.08. The van der Waals surface area contributed by atoms with Gasteiger partial charge in [0.25, 0.3) is 0 Å². The summed E-state index contributed by atoms with van der Waals surface area (Å²) in [5.74, 6) is 0. The first-order valence-electron chi connectivity index (χ1n) is 4.99. The van der Waals surface area contributed by atoms with E-state index in [0.29, 0.717) is 5.56 Å². The Morgan fingerprint density at radius 3 is 2.71 bits per heavy atom. The van der Waals surface area contributed by atoms with Crippen molar-refractivity contribution in [3.05, 3.63) is 34.6 Å². The number of halogens is 4. The topological polar surface area (TPSA) is 24.9 Å². The second kappa shape index (κ2) is 6.02. The van der Waals surface area contributed by atoms with Gasteiger partial charge >= 0.3 is 6.18 Å². The van der Waals surface area contributed by atoms with E-state index in [1.165, 1.54) is 6.07 Å². The number of hydrogen-bond acceptors (Lipinski definition) is 2. The molecule has 17 heavy (non-hydrogen) atoms. The Bertz CT molecular complexity index is 402. The van der Waals surface area contributed by atoms with Crippen LogP contribution >= 0.6 is 11.6 Å². The third-order valence-electron chi connectivity index (χ3n) is 1.98. The van der Waals surface area contributed by atoms with Crippen molar-refractivity contribution in [3.8, 4) is 0 Å². The molecule has 1 rings (SSSR count). The Kier molecular flexibility index (Phi) is 4.96. The van der Waals surface area contributed by atoms with Crippen molar-refractivity contribution in [2.45, 2.75) is 12.6 Å². The van der Waals surface area contributed by atoms with Gasteiger partial charge in [-0.25, -0.2) is 4.98 Å². The Balaban J connectivity index is 2.87. The van der Waals surface area contributed by atoms with Crippen LogP contribution in [-0.2, 0) is 6.18 Å². The van der Waals surface area contributed by atoms with Crippen LogP contribution < -0.4 is 5.32 Å². The fourth-order valence-electron chi connectivity index (χ4n) is 1.21. The average Bonchev–Trinajstić information content (AvgIpc) is 2.22. The summed E-state index contributed by atoms with van der Waals surface area (Å²) in [4.78, 5) is 3.24. The third-order valence-corrected chi connectivity index (χ3v) is 2.17. The number of nitrogens with one attached hydrogen (secondary N) is 1. The molecule has 0 saturated heterocycles. The number of alkyl halides is 3. The van der Waals surface area contributed by atoms with E-state index >= 15 is 0 Å².